The summed E-state index contributed by atoms with van der Waals surface area (Å²) in [7, 11) is 1.39. The molecule has 0 aliphatic carbocycles. The van der Waals surface area contributed by atoms with Gasteiger partial charge in [0.2, 0.25) is 0 Å². The molecule has 0 radical (unpaired) electrons. The average Bonchev–Trinajstić information content (AvgIpc) is 2.47. The van der Waals surface area contributed by atoms with Gasteiger partial charge in [-0.1, -0.05) is 0 Å². The fraction of sp³-hybridized carbons (Fsp3) is 0.533. The predicted octanol–water partition coefficient (Wildman–Crippen LogP) is 2.07. The standard InChI is InChI=1S/C15H21NO3/c1-19-15(18)13-4-6-14(7-5-13)16-9-2-3-12(11-16)8-10-17/h4-7,12,17H,2-3,8-11H2,1H3. The van der Waals surface area contributed by atoms with Gasteiger partial charge in [0.25, 0.3) is 0 Å². The number of carbonyl (C=O) groups is 1. The molecule has 1 fully saturated rings. The zero-order valence-corrected chi connectivity index (χ0v) is 11.3. The van der Waals surface area contributed by atoms with E-state index in [-0.39, 0.29) is 12.6 Å². The van der Waals surface area contributed by atoms with Crippen molar-refractivity contribution in [2.75, 3.05) is 31.7 Å². The van der Waals surface area contributed by atoms with E-state index < -0.39 is 0 Å². The Labute approximate surface area is 114 Å². The highest BCUT2D eigenvalue weighted by Crippen LogP contribution is 2.25. The molecular weight excluding hydrogens is 242 g/mol. The molecule has 0 amide bonds. The van der Waals surface area contributed by atoms with Crippen molar-refractivity contribution in [3.63, 3.8) is 0 Å². The highest BCUT2D eigenvalue weighted by molar-refractivity contribution is 5.89. The van der Waals surface area contributed by atoms with Gasteiger partial charge in [-0.15, -0.1) is 0 Å². The van der Waals surface area contributed by atoms with Gasteiger partial charge in [-0.25, -0.2) is 4.79 Å². The highest BCUT2D eigenvalue weighted by atomic mass is 16.5. The van der Waals surface area contributed by atoms with Crippen LogP contribution in [0.15, 0.2) is 24.3 Å². The molecule has 0 saturated carbocycles. The largest absolute Gasteiger partial charge is 0.465 e. The van der Waals surface area contributed by atoms with Crippen molar-refractivity contribution >= 4 is 11.7 Å². The Bertz CT molecular complexity index is 414. The van der Waals surface area contributed by atoms with Crippen molar-refractivity contribution in [1.82, 2.24) is 0 Å². The van der Waals surface area contributed by atoms with Crippen molar-refractivity contribution in [3.8, 4) is 0 Å². The van der Waals surface area contributed by atoms with Gasteiger partial charge in [0.15, 0.2) is 0 Å². The fourth-order valence-electron chi connectivity index (χ4n) is 2.64. The molecule has 1 heterocycles. The van der Waals surface area contributed by atoms with Crippen LogP contribution >= 0.6 is 0 Å². The molecule has 1 unspecified atom stereocenters. The van der Waals surface area contributed by atoms with E-state index in [1.807, 2.05) is 12.1 Å². The highest BCUT2D eigenvalue weighted by Gasteiger charge is 2.19. The number of hydrogen-bond acceptors (Lipinski definition) is 4. The van der Waals surface area contributed by atoms with Crippen LogP contribution in [0.1, 0.15) is 29.6 Å². The van der Waals surface area contributed by atoms with E-state index in [4.69, 9.17) is 9.84 Å². The summed E-state index contributed by atoms with van der Waals surface area (Å²) < 4.78 is 4.69. The number of benzene rings is 1. The van der Waals surface area contributed by atoms with Gasteiger partial charge in [-0.3, -0.25) is 0 Å². The predicted molar refractivity (Wildman–Crippen MR) is 74.4 cm³/mol. The Hall–Kier alpha value is -1.55. The molecule has 2 rings (SSSR count). The van der Waals surface area contributed by atoms with E-state index in [0.29, 0.717) is 11.5 Å². The topological polar surface area (TPSA) is 49.8 Å². The Morgan fingerprint density at radius 2 is 2.16 bits per heavy atom. The third kappa shape index (κ3) is 3.47. The summed E-state index contributed by atoms with van der Waals surface area (Å²) in [5.41, 5.74) is 1.71. The van der Waals surface area contributed by atoms with Crippen LogP contribution in [0.25, 0.3) is 0 Å². The van der Waals surface area contributed by atoms with Crippen LogP contribution in [0.3, 0.4) is 0 Å². The molecule has 1 atom stereocenters. The minimum absolute atomic E-state index is 0.264. The lowest BCUT2D eigenvalue weighted by Crippen LogP contribution is -2.35. The number of piperidine rings is 1. The summed E-state index contributed by atoms with van der Waals surface area (Å²) >= 11 is 0. The van der Waals surface area contributed by atoms with Crippen molar-refractivity contribution in [2.24, 2.45) is 5.92 Å². The molecule has 0 aromatic heterocycles. The number of aliphatic hydroxyl groups excluding tert-OH is 1. The number of rotatable bonds is 4. The zero-order chi connectivity index (χ0) is 13.7. The number of methoxy groups -OCH3 is 1. The summed E-state index contributed by atoms with van der Waals surface area (Å²) in [6, 6.07) is 7.54. The summed E-state index contributed by atoms with van der Waals surface area (Å²) in [6.07, 6.45) is 3.22. The van der Waals surface area contributed by atoms with Crippen molar-refractivity contribution < 1.29 is 14.6 Å². The molecule has 1 aliphatic heterocycles. The number of ether oxygens (including phenoxy) is 1. The fourth-order valence-corrected chi connectivity index (χ4v) is 2.64. The molecule has 1 aliphatic rings. The maximum absolute atomic E-state index is 11.4. The SMILES string of the molecule is COC(=O)c1ccc(N2CCCC(CCO)C2)cc1. The van der Waals surface area contributed by atoms with Crippen LogP contribution in [0.5, 0.6) is 0 Å². The van der Waals surface area contributed by atoms with Crippen LogP contribution in [0, 0.1) is 5.92 Å². The van der Waals surface area contributed by atoms with E-state index in [0.717, 1.165) is 31.6 Å². The van der Waals surface area contributed by atoms with Gasteiger partial charge in [0, 0.05) is 25.4 Å². The molecule has 1 N–H and O–H groups in total. The first-order valence-corrected chi connectivity index (χ1v) is 6.78. The van der Waals surface area contributed by atoms with Crippen LogP contribution in [0.4, 0.5) is 5.69 Å². The monoisotopic (exact) mass is 263 g/mol. The van der Waals surface area contributed by atoms with E-state index in [9.17, 15) is 4.79 Å². The number of carbonyl (C=O) groups excluding carboxylic acids is 1. The van der Waals surface area contributed by atoms with Gasteiger partial charge >= 0.3 is 5.97 Å². The molecular formula is C15H21NO3. The Morgan fingerprint density at radius 1 is 1.42 bits per heavy atom. The zero-order valence-electron chi connectivity index (χ0n) is 11.3. The third-order valence-corrected chi connectivity index (χ3v) is 3.71. The second kappa shape index (κ2) is 6.57. The maximum Gasteiger partial charge on any atom is 0.337 e. The van der Waals surface area contributed by atoms with Gasteiger partial charge in [0.1, 0.15) is 0 Å². The Kier molecular flexibility index (Phi) is 4.80. The lowest BCUT2D eigenvalue weighted by Gasteiger charge is -2.34. The summed E-state index contributed by atoms with van der Waals surface area (Å²) in [5.74, 6) is 0.266. The van der Waals surface area contributed by atoms with Crippen LogP contribution in [-0.4, -0.2) is 37.9 Å². The normalized spacial score (nSPS) is 19.3. The van der Waals surface area contributed by atoms with E-state index in [1.165, 1.54) is 13.5 Å². The van der Waals surface area contributed by atoms with Crippen LogP contribution < -0.4 is 4.90 Å². The second-order valence-corrected chi connectivity index (χ2v) is 5.01. The number of esters is 1. The van der Waals surface area contributed by atoms with E-state index >= 15 is 0 Å². The number of nitrogens with zero attached hydrogens (tertiary/aromatic N) is 1. The molecule has 1 saturated heterocycles. The number of aliphatic hydroxyl groups is 1. The molecule has 104 valence electrons. The van der Waals surface area contributed by atoms with Gasteiger partial charge in [-0.2, -0.15) is 0 Å². The molecule has 0 spiro atoms. The minimum atomic E-state index is -0.302. The van der Waals surface area contributed by atoms with Gasteiger partial charge in [-0.05, 0) is 49.4 Å². The lowest BCUT2D eigenvalue weighted by atomic mass is 9.94. The second-order valence-electron chi connectivity index (χ2n) is 5.01. The van der Waals surface area contributed by atoms with Gasteiger partial charge in [0.05, 0.1) is 12.7 Å². The lowest BCUT2D eigenvalue weighted by molar-refractivity contribution is 0.0600. The van der Waals surface area contributed by atoms with Gasteiger partial charge < -0.3 is 14.7 Å². The minimum Gasteiger partial charge on any atom is -0.465 e. The number of hydrogen-bond donors (Lipinski definition) is 1. The summed E-state index contributed by atoms with van der Waals surface area (Å²) in [6.45, 7) is 2.29. The molecule has 1 aromatic rings. The first kappa shape index (κ1) is 13.9. The Morgan fingerprint density at radius 3 is 2.79 bits per heavy atom. The molecule has 1 aromatic carbocycles. The third-order valence-electron chi connectivity index (χ3n) is 3.71. The van der Waals surface area contributed by atoms with Crippen molar-refractivity contribution in [3.05, 3.63) is 29.8 Å². The first-order valence-electron chi connectivity index (χ1n) is 6.78. The summed E-state index contributed by atoms with van der Waals surface area (Å²) in [4.78, 5) is 13.7. The smallest absolute Gasteiger partial charge is 0.337 e. The van der Waals surface area contributed by atoms with E-state index in [2.05, 4.69) is 4.90 Å². The summed E-state index contributed by atoms with van der Waals surface area (Å²) in [5, 5.41) is 9.03. The van der Waals surface area contributed by atoms with Crippen molar-refractivity contribution in [1.29, 1.82) is 0 Å². The quantitative estimate of drug-likeness (QED) is 0.845. The molecule has 4 nitrogen and oxygen atoms in total. The molecule has 19 heavy (non-hydrogen) atoms. The molecule has 4 heteroatoms. The van der Waals surface area contributed by atoms with E-state index in [1.54, 1.807) is 12.1 Å². The Balaban J connectivity index is 2.03. The van der Waals surface area contributed by atoms with Crippen molar-refractivity contribution in [2.45, 2.75) is 19.3 Å². The van der Waals surface area contributed by atoms with Crippen LogP contribution in [0.2, 0.25) is 0 Å². The van der Waals surface area contributed by atoms with Crippen LogP contribution in [-0.2, 0) is 4.74 Å². The number of anilines is 1. The average molecular weight is 263 g/mol. The maximum atomic E-state index is 11.4. The molecule has 0 bridgehead atoms. The first-order chi connectivity index (χ1) is 9.24.